The van der Waals surface area contributed by atoms with E-state index in [1.165, 1.54) is 5.56 Å². The molecule has 5 nitrogen and oxygen atoms in total. The van der Waals surface area contributed by atoms with E-state index < -0.39 is 12.1 Å². The van der Waals surface area contributed by atoms with Gasteiger partial charge in [-0.15, -0.1) is 0 Å². The second kappa shape index (κ2) is 8.68. The smallest absolute Gasteiger partial charge is 0.312 e. The molecule has 0 bridgehead atoms. The Balaban J connectivity index is 2.92. The van der Waals surface area contributed by atoms with Crippen LogP contribution in [0.3, 0.4) is 0 Å². The van der Waals surface area contributed by atoms with Gasteiger partial charge in [-0.25, -0.2) is 4.79 Å². The number of urea groups is 1. The van der Waals surface area contributed by atoms with Crippen molar-refractivity contribution in [2.75, 3.05) is 24.0 Å². The number of likely N-dealkylation sites (N-methyl/N-ethyl adjacent to an activating group) is 1. The average molecular weight is 323 g/mol. The lowest BCUT2D eigenvalue weighted by molar-refractivity contribution is -0.120. The predicted molar refractivity (Wildman–Crippen MR) is 93.4 cm³/mol. The highest BCUT2D eigenvalue weighted by molar-refractivity contribution is 7.98. The second-order valence-corrected chi connectivity index (χ2v) is 6.48. The molecule has 22 heavy (non-hydrogen) atoms. The summed E-state index contributed by atoms with van der Waals surface area (Å²) in [7, 11) is 1.72. The monoisotopic (exact) mass is 323 g/mol. The highest BCUT2D eigenvalue weighted by atomic mass is 32.2. The van der Waals surface area contributed by atoms with Crippen molar-refractivity contribution in [3.63, 3.8) is 0 Å². The van der Waals surface area contributed by atoms with Crippen molar-refractivity contribution in [2.45, 2.75) is 32.2 Å². The quantitative estimate of drug-likeness (QED) is 0.810. The van der Waals surface area contributed by atoms with Gasteiger partial charge in [-0.05, 0) is 42.0 Å². The van der Waals surface area contributed by atoms with Crippen molar-refractivity contribution < 1.29 is 9.59 Å². The number of rotatable bonds is 7. The number of carbonyl (C=O) groups excluding carboxylic acids is 2. The zero-order valence-electron chi connectivity index (χ0n) is 13.6. The molecule has 0 aromatic heterocycles. The fourth-order valence-corrected chi connectivity index (χ4v) is 2.59. The molecule has 0 fully saturated rings. The number of hydrogen-bond acceptors (Lipinski definition) is 3. The summed E-state index contributed by atoms with van der Waals surface area (Å²) in [5.41, 5.74) is 7.16. The molecule has 0 aliphatic carbocycles. The van der Waals surface area contributed by atoms with Crippen molar-refractivity contribution in [1.82, 2.24) is 5.32 Å². The molecule has 3 N–H and O–H groups in total. The van der Waals surface area contributed by atoms with Gasteiger partial charge in [-0.3, -0.25) is 4.79 Å². The summed E-state index contributed by atoms with van der Waals surface area (Å²) >= 11 is 1.63. The Morgan fingerprint density at radius 2 is 2.05 bits per heavy atom. The molecule has 6 heteroatoms. The second-order valence-electron chi connectivity index (χ2n) is 5.49. The minimum Gasteiger partial charge on any atom is -0.352 e. The number of nitrogens with one attached hydrogen (secondary N) is 1. The summed E-state index contributed by atoms with van der Waals surface area (Å²) in [6.07, 6.45) is 2.51. The molecule has 0 saturated carbocycles. The van der Waals surface area contributed by atoms with Crippen LogP contribution in [0.2, 0.25) is 0 Å². The van der Waals surface area contributed by atoms with E-state index >= 15 is 0 Å². The maximum atomic E-state index is 12.6. The van der Waals surface area contributed by atoms with Gasteiger partial charge in [0.05, 0.1) is 0 Å². The topological polar surface area (TPSA) is 75.4 Å². The molecule has 3 amide bonds. The molecule has 0 radical (unpaired) electrons. The molecule has 0 heterocycles. The molecular weight excluding hydrogens is 298 g/mol. The van der Waals surface area contributed by atoms with Gasteiger partial charge >= 0.3 is 6.03 Å². The first-order valence-electron chi connectivity index (χ1n) is 7.29. The van der Waals surface area contributed by atoms with Crippen molar-refractivity contribution in [3.05, 3.63) is 29.8 Å². The van der Waals surface area contributed by atoms with Crippen molar-refractivity contribution in [2.24, 2.45) is 5.73 Å². The van der Waals surface area contributed by atoms with Crippen LogP contribution in [0, 0.1) is 0 Å². The first-order valence-corrected chi connectivity index (χ1v) is 8.68. The van der Waals surface area contributed by atoms with Gasteiger partial charge in [0, 0.05) is 12.7 Å². The molecule has 0 spiro atoms. The van der Waals surface area contributed by atoms with Crippen LogP contribution >= 0.6 is 11.8 Å². The minimum atomic E-state index is -0.677. The zero-order chi connectivity index (χ0) is 16.7. The molecule has 1 atom stereocenters. The first-order chi connectivity index (χ1) is 10.4. The predicted octanol–water partition coefficient (Wildman–Crippen LogP) is 2.56. The van der Waals surface area contributed by atoms with Gasteiger partial charge in [0.25, 0.3) is 0 Å². The average Bonchev–Trinajstić information content (AvgIpc) is 2.49. The Bertz CT molecular complexity index is 520. The summed E-state index contributed by atoms with van der Waals surface area (Å²) in [4.78, 5) is 25.3. The van der Waals surface area contributed by atoms with E-state index in [2.05, 4.69) is 19.2 Å². The SMILES string of the molecule is CSCC[C@H](NC(N)=O)C(=O)N(C)c1cccc(C(C)C)c1. The van der Waals surface area contributed by atoms with E-state index in [9.17, 15) is 9.59 Å². The van der Waals surface area contributed by atoms with E-state index in [4.69, 9.17) is 5.73 Å². The standard InChI is InChI=1S/C16H25N3O2S/c1-11(2)12-6-5-7-13(10-12)19(3)15(20)14(8-9-22-4)18-16(17)21/h5-7,10-11,14H,8-9H2,1-4H3,(H3,17,18,21)/t14-/m0/s1. The normalized spacial score (nSPS) is 12.0. The highest BCUT2D eigenvalue weighted by Gasteiger charge is 2.24. The number of anilines is 1. The Hall–Kier alpha value is -1.69. The third-order valence-corrected chi connectivity index (χ3v) is 4.12. The van der Waals surface area contributed by atoms with Crippen LogP contribution in [0.25, 0.3) is 0 Å². The molecule has 0 aliphatic heterocycles. The molecule has 1 aromatic rings. The summed E-state index contributed by atoms with van der Waals surface area (Å²) in [5, 5.41) is 2.54. The van der Waals surface area contributed by atoms with E-state index in [1.54, 1.807) is 23.7 Å². The van der Waals surface area contributed by atoms with Crippen LogP contribution < -0.4 is 16.0 Å². The third-order valence-electron chi connectivity index (χ3n) is 3.48. The molecule has 122 valence electrons. The molecule has 1 aromatic carbocycles. The van der Waals surface area contributed by atoms with Crippen LogP contribution in [-0.4, -0.2) is 37.0 Å². The zero-order valence-corrected chi connectivity index (χ0v) is 14.4. The summed E-state index contributed by atoms with van der Waals surface area (Å²) in [6, 6.07) is 6.59. The largest absolute Gasteiger partial charge is 0.352 e. The molecule has 0 unspecified atom stereocenters. The Labute approximate surface area is 136 Å². The number of nitrogens with zero attached hydrogens (tertiary/aromatic N) is 1. The maximum absolute atomic E-state index is 12.6. The lowest BCUT2D eigenvalue weighted by Crippen LogP contribution is -2.49. The number of hydrogen-bond donors (Lipinski definition) is 2. The van der Waals surface area contributed by atoms with E-state index in [0.717, 1.165) is 11.4 Å². The Morgan fingerprint density at radius 1 is 1.36 bits per heavy atom. The van der Waals surface area contributed by atoms with Crippen LogP contribution in [0.1, 0.15) is 31.7 Å². The molecule has 0 saturated heterocycles. The fourth-order valence-electron chi connectivity index (χ4n) is 2.12. The van der Waals surface area contributed by atoms with Gasteiger partial charge in [0.1, 0.15) is 6.04 Å². The van der Waals surface area contributed by atoms with Crippen LogP contribution in [0.4, 0.5) is 10.5 Å². The first kappa shape index (κ1) is 18.4. The summed E-state index contributed by atoms with van der Waals surface area (Å²) in [5.74, 6) is 1.00. The van der Waals surface area contributed by atoms with Gasteiger partial charge in [0.2, 0.25) is 5.91 Å². The summed E-state index contributed by atoms with van der Waals surface area (Å²) < 4.78 is 0. The van der Waals surface area contributed by atoms with Gasteiger partial charge in [0.15, 0.2) is 0 Å². The van der Waals surface area contributed by atoms with Gasteiger partial charge < -0.3 is 16.0 Å². The Kier molecular flexibility index (Phi) is 7.24. The highest BCUT2D eigenvalue weighted by Crippen LogP contribution is 2.21. The van der Waals surface area contributed by atoms with Crippen LogP contribution in [0.15, 0.2) is 24.3 Å². The van der Waals surface area contributed by atoms with Crippen molar-refractivity contribution >= 4 is 29.4 Å². The number of nitrogens with two attached hydrogens (primary N) is 1. The molecule has 0 aliphatic rings. The third kappa shape index (κ3) is 5.26. The minimum absolute atomic E-state index is 0.159. The van der Waals surface area contributed by atoms with E-state index in [0.29, 0.717) is 12.3 Å². The number of primary amides is 1. The number of amides is 3. The maximum Gasteiger partial charge on any atom is 0.312 e. The lowest BCUT2D eigenvalue weighted by atomic mass is 10.0. The van der Waals surface area contributed by atoms with Gasteiger partial charge in [-0.2, -0.15) is 11.8 Å². The van der Waals surface area contributed by atoms with Crippen LogP contribution in [0.5, 0.6) is 0 Å². The van der Waals surface area contributed by atoms with E-state index in [1.807, 2.05) is 30.5 Å². The van der Waals surface area contributed by atoms with E-state index in [-0.39, 0.29) is 5.91 Å². The van der Waals surface area contributed by atoms with Crippen molar-refractivity contribution in [1.29, 1.82) is 0 Å². The summed E-state index contributed by atoms with van der Waals surface area (Å²) in [6.45, 7) is 4.22. The fraction of sp³-hybridized carbons (Fsp3) is 0.500. The number of carbonyl (C=O) groups is 2. The van der Waals surface area contributed by atoms with Crippen LogP contribution in [-0.2, 0) is 4.79 Å². The van der Waals surface area contributed by atoms with Crippen molar-refractivity contribution in [3.8, 4) is 0 Å². The number of benzene rings is 1. The lowest BCUT2D eigenvalue weighted by Gasteiger charge is -2.24. The Morgan fingerprint density at radius 3 is 2.59 bits per heavy atom. The molecule has 1 rings (SSSR count). The molecular formula is C16H25N3O2S. The van der Waals surface area contributed by atoms with Gasteiger partial charge in [-0.1, -0.05) is 26.0 Å². The number of thioether (sulfide) groups is 1.